The average molecular weight is 244 g/mol. The number of hydrogen-bond acceptors (Lipinski definition) is 4. The van der Waals surface area contributed by atoms with Crippen LogP contribution in [0, 0.1) is 11.3 Å². The minimum atomic E-state index is -3.42. The summed E-state index contributed by atoms with van der Waals surface area (Å²) in [6.45, 7) is 2.52. The Bertz CT molecular complexity index is 431. The maximum absolute atomic E-state index is 11.6. The minimum Gasteiger partial charge on any atom is -0.211 e. The number of nitriles is 1. The lowest BCUT2D eigenvalue weighted by molar-refractivity contribution is 0.429. The molecule has 0 unspecified atom stereocenters. The molecule has 0 spiro atoms. The summed E-state index contributed by atoms with van der Waals surface area (Å²) in [5.41, 5.74) is 0. The van der Waals surface area contributed by atoms with E-state index in [4.69, 9.17) is 5.26 Å². The predicted molar refractivity (Wildman–Crippen MR) is 59.8 cm³/mol. The lowest BCUT2D eigenvalue weighted by Gasteiger charge is -2.17. The van der Waals surface area contributed by atoms with Gasteiger partial charge in [-0.1, -0.05) is 13.0 Å². The molecule has 1 heterocycles. The van der Waals surface area contributed by atoms with Crippen LogP contribution in [0.2, 0.25) is 0 Å². The molecular formula is C9H12N2O2S2. The van der Waals surface area contributed by atoms with Gasteiger partial charge in [0, 0.05) is 18.0 Å². The first-order valence-electron chi connectivity index (χ1n) is 4.47. The summed E-state index contributed by atoms with van der Waals surface area (Å²) >= 11 is 1.51. The highest BCUT2D eigenvalue weighted by Gasteiger charge is 2.20. The van der Waals surface area contributed by atoms with Crippen molar-refractivity contribution in [2.45, 2.75) is 13.5 Å². The van der Waals surface area contributed by atoms with Gasteiger partial charge in [0.15, 0.2) is 5.75 Å². The van der Waals surface area contributed by atoms with Crippen LogP contribution in [0.15, 0.2) is 17.5 Å². The van der Waals surface area contributed by atoms with Gasteiger partial charge in [-0.3, -0.25) is 0 Å². The van der Waals surface area contributed by atoms with Gasteiger partial charge in [-0.05, 0) is 11.4 Å². The van der Waals surface area contributed by atoms with E-state index in [9.17, 15) is 8.42 Å². The Labute approximate surface area is 93.8 Å². The zero-order chi connectivity index (χ0) is 11.3. The molecule has 0 atom stereocenters. The van der Waals surface area contributed by atoms with Crippen molar-refractivity contribution >= 4 is 21.4 Å². The number of sulfonamides is 1. The van der Waals surface area contributed by atoms with Gasteiger partial charge >= 0.3 is 0 Å². The predicted octanol–water partition coefficient (Wildman–Crippen LogP) is 1.42. The van der Waals surface area contributed by atoms with Crippen molar-refractivity contribution in [3.05, 3.63) is 22.4 Å². The van der Waals surface area contributed by atoms with Crippen LogP contribution in [0.25, 0.3) is 0 Å². The molecule has 6 heteroatoms. The summed E-state index contributed by atoms with van der Waals surface area (Å²) in [7, 11) is -3.42. The molecule has 0 saturated heterocycles. The molecule has 0 saturated carbocycles. The Hall–Kier alpha value is -0.900. The molecule has 0 aliphatic carbocycles. The lowest BCUT2D eigenvalue weighted by atomic mass is 10.4. The standard InChI is InChI=1S/C9H12N2O2S2/c1-2-11(15(12,13)7-5-10)8-9-4-3-6-14-9/h3-4,6H,2,7-8H2,1H3. The van der Waals surface area contributed by atoms with E-state index in [0.717, 1.165) is 4.88 Å². The van der Waals surface area contributed by atoms with E-state index in [1.807, 2.05) is 17.5 Å². The normalized spacial score (nSPS) is 11.5. The van der Waals surface area contributed by atoms with Gasteiger partial charge in [-0.2, -0.15) is 9.57 Å². The Morgan fingerprint density at radius 1 is 1.60 bits per heavy atom. The van der Waals surface area contributed by atoms with E-state index in [1.54, 1.807) is 13.0 Å². The van der Waals surface area contributed by atoms with Crippen LogP contribution in [0.5, 0.6) is 0 Å². The van der Waals surface area contributed by atoms with Gasteiger partial charge in [0.05, 0.1) is 6.07 Å². The van der Waals surface area contributed by atoms with Crippen molar-refractivity contribution in [2.24, 2.45) is 0 Å². The second kappa shape index (κ2) is 5.26. The van der Waals surface area contributed by atoms with Crippen molar-refractivity contribution < 1.29 is 8.42 Å². The zero-order valence-electron chi connectivity index (χ0n) is 8.38. The van der Waals surface area contributed by atoms with Gasteiger partial charge < -0.3 is 0 Å². The van der Waals surface area contributed by atoms with Gasteiger partial charge in [-0.25, -0.2) is 8.42 Å². The third-order valence-corrected chi connectivity index (χ3v) is 4.43. The van der Waals surface area contributed by atoms with Gasteiger partial charge in [0.1, 0.15) is 0 Å². The van der Waals surface area contributed by atoms with Crippen LogP contribution in [0.1, 0.15) is 11.8 Å². The number of hydrogen-bond donors (Lipinski definition) is 0. The first-order valence-corrected chi connectivity index (χ1v) is 6.96. The molecule has 0 N–H and O–H groups in total. The van der Waals surface area contributed by atoms with Crippen molar-refractivity contribution in [2.75, 3.05) is 12.3 Å². The molecule has 82 valence electrons. The number of nitrogens with zero attached hydrogens (tertiary/aromatic N) is 2. The number of thiophene rings is 1. The summed E-state index contributed by atoms with van der Waals surface area (Å²) < 4.78 is 24.5. The maximum atomic E-state index is 11.6. The largest absolute Gasteiger partial charge is 0.227 e. The van der Waals surface area contributed by atoms with E-state index >= 15 is 0 Å². The maximum Gasteiger partial charge on any atom is 0.227 e. The highest BCUT2D eigenvalue weighted by atomic mass is 32.2. The molecule has 0 aliphatic heterocycles. The first-order chi connectivity index (χ1) is 7.10. The molecule has 0 radical (unpaired) electrons. The fourth-order valence-electron chi connectivity index (χ4n) is 1.16. The van der Waals surface area contributed by atoms with Crippen LogP contribution in [-0.2, 0) is 16.6 Å². The highest BCUT2D eigenvalue weighted by Crippen LogP contribution is 2.14. The fourth-order valence-corrected chi connectivity index (χ4v) is 3.03. The summed E-state index contributed by atoms with van der Waals surface area (Å²) in [4.78, 5) is 0.985. The summed E-state index contributed by atoms with van der Waals surface area (Å²) in [5, 5.41) is 10.3. The topological polar surface area (TPSA) is 61.2 Å². The molecule has 0 aliphatic rings. The fraction of sp³-hybridized carbons (Fsp3) is 0.444. The third-order valence-electron chi connectivity index (χ3n) is 1.91. The molecule has 15 heavy (non-hydrogen) atoms. The quantitative estimate of drug-likeness (QED) is 0.787. The van der Waals surface area contributed by atoms with Crippen molar-refractivity contribution in [1.29, 1.82) is 5.26 Å². The van der Waals surface area contributed by atoms with Crippen molar-refractivity contribution in [3.63, 3.8) is 0 Å². The van der Waals surface area contributed by atoms with E-state index in [-0.39, 0.29) is 0 Å². The third kappa shape index (κ3) is 3.30. The number of rotatable bonds is 5. The summed E-state index contributed by atoms with van der Waals surface area (Å²) in [5.74, 6) is -0.452. The first kappa shape index (κ1) is 12.2. The van der Waals surface area contributed by atoms with Crippen LogP contribution >= 0.6 is 11.3 Å². The Kier molecular flexibility index (Phi) is 4.27. The second-order valence-corrected chi connectivity index (χ2v) is 5.92. The molecule has 0 fully saturated rings. The smallest absolute Gasteiger partial charge is 0.211 e. The Balaban J connectivity index is 2.77. The highest BCUT2D eigenvalue weighted by molar-refractivity contribution is 7.89. The molecule has 0 aromatic carbocycles. The van der Waals surface area contributed by atoms with E-state index in [0.29, 0.717) is 13.1 Å². The average Bonchev–Trinajstić information content (AvgIpc) is 2.66. The van der Waals surface area contributed by atoms with Crippen molar-refractivity contribution in [3.8, 4) is 6.07 Å². The Morgan fingerprint density at radius 2 is 2.33 bits per heavy atom. The molecule has 1 aromatic rings. The van der Waals surface area contributed by atoms with Crippen LogP contribution < -0.4 is 0 Å². The van der Waals surface area contributed by atoms with E-state index in [2.05, 4.69) is 0 Å². The molecule has 1 rings (SSSR count). The van der Waals surface area contributed by atoms with Gasteiger partial charge in [0.25, 0.3) is 0 Å². The van der Waals surface area contributed by atoms with E-state index in [1.165, 1.54) is 15.6 Å². The molecule has 1 aromatic heterocycles. The van der Waals surface area contributed by atoms with Gasteiger partial charge in [-0.15, -0.1) is 11.3 Å². The molecule has 4 nitrogen and oxygen atoms in total. The van der Waals surface area contributed by atoms with Gasteiger partial charge in [0.2, 0.25) is 10.0 Å². The van der Waals surface area contributed by atoms with Crippen LogP contribution in [0.4, 0.5) is 0 Å². The molecule has 0 amide bonds. The Morgan fingerprint density at radius 3 is 2.80 bits per heavy atom. The summed E-state index contributed by atoms with van der Waals surface area (Å²) in [6, 6.07) is 5.44. The second-order valence-electron chi connectivity index (χ2n) is 2.92. The molecule has 0 bridgehead atoms. The van der Waals surface area contributed by atoms with E-state index < -0.39 is 15.8 Å². The minimum absolute atomic E-state index is 0.359. The monoisotopic (exact) mass is 244 g/mol. The lowest BCUT2D eigenvalue weighted by Crippen LogP contribution is -2.31. The SMILES string of the molecule is CCN(Cc1cccs1)S(=O)(=O)CC#N. The van der Waals surface area contributed by atoms with Crippen LogP contribution in [-0.4, -0.2) is 25.0 Å². The van der Waals surface area contributed by atoms with Crippen LogP contribution in [0.3, 0.4) is 0 Å². The molecular weight excluding hydrogens is 232 g/mol. The zero-order valence-corrected chi connectivity index (χ0v) is 10.0. The van der Waals surface area contributed by atoms with Crippen molar-refractivity contribution in [1.82, 2.24) is 4.31 Å². The summed E-state index contributed by atoms with van der Waals surface area (Å²) in [6.07, 6.45) is 0.